The van der Waals surface area contributed by atoms with Gasteiger partial charge in [-0.2, -0.15) is 5.10 Å². The average Bonchev–Trinajstić information content (AvgIpc) is 3.33. The highest BCUT2D eigenvalue weighted by Gasteiger charge is 2.48. The monoisotopic (exact) mass is 359 g/mol. The van der Waals surface area contributed by atoms with Gasteiger partial charge in [-0.1, -0.05) is 26.0 Å². The number of aromatic nitrogens is 2. The molecule has 26 heavy (non-hydrogen) atoms. The highest BCUT2D eigenvalue weighted by Crippen LogP contribution is 2.61. The fraction of sp³-hybridized carbons (Fsp3) is 0.500. The third-order valence-electron chi connectivity index (χ3n) is 6.16. The van der Waals surface area contributed by atoms with E-state index in [1.165, 1.54) is 28.6 Å². The van der Waals surface area contributed by atoms with Crippen molar-refractivity contribution in [2.45, 2.75) is 45.0 Å². The lowest BCUT2D eigenvalue weighted by atomic mass is 9.84. The minimum atomic E-state index is -2.76. The highest BCUT2D eigenvalue weighted by atomic mass is 19.3. The van der Waals surface area contributed by atoms with Crippen molar-refractivity contribution in [3.63, 3.8) is 0 Å². The molecule has 2 aliphatic carbocycles. The van der Waals surface area contributed by atoms with E-state index < -0.39 is 18.0 Å². The van der Waals surface area contributed by atoms with Crippen LogP contribution in [0.3, 0.4) is 0 Å². The van der Waals surface area contributed by atoms with Crippen LogP contribution in [-0.2, 0) is 0 Å². The lowest BCUT2D eigenvalue weighted by Crippen LogP contribution is -2.28. The zero-order chi connectivity index (χ0) is 18.6. The van der Waals surface area contributed by atoms with Crippen LogP contribution >= 0.6 is 0 Å². The van der Waals surface area contributed by atoms with E-state index in [0.717, 1.165) is 12.1 Å². The first-order valence-electron chi connectivity index (χ1n) is 9.14. The van der Waals surface area contributed by atoms with Crippen molar-refractivity contribution in [3.8, 4) is 0 Å². The number of nitrogens with one attached hydrogen (secondary N) is 1. The molecule has 0 aliphatic heterocycles. The largest absolute Gasteiger partial charge is 0.311 e. The second-order valence-corrected chi connectivity index (χ2v) is 7.75. The van der Waals surface area contributed by atoms with E-state index in [9.17, 15) is 13.6 Å². The number of carbonyl (C=O) groups is 1. The number of aromatic amines is 1. The van der Waals surface area contributed by atoms with Gasteiger partial charge in [-0.25, -0.2) is 8.78 Å². The molecule has 2 bridgehead atoms. The summed E-state index contributed by atoms with van der Waals surface area (Å²) >= 11 is 0. The Bertz CT molecular complexity index is 845. The normalized spacial score (nSPS) is 23.7. The van der Waals surface area contributed by atoms with Crippen molar-refractivity contribution in [2.24, 2.45) is 11.8 Å². The van der Waals surface area contributed by atoms with Crippen LogP contribution < -0.4 is 4.90 Å². The molecule has 0 radical (unpaired) electrons. The lowest BCUT2D eigenvalue weighted by molar-refractivity contribution is 0.0977. The number of hydrogen-bond acceptors (Lipinski definition) is 2. The number of anilines is 1. The summed E-state index contributed by atoms with van der Waals surface area (Å²) < 4.78 is 26.3. The molecular weight excluding hydrogens is 336 g/mol. The first-order valence-corrected chi connectivity index (χ1v) is 9.14. The quantitative estimate of drug-likeness (QED) is 0.846. The number of benzene rings is 1. The van der Waals surface area contributed by atoms with Crippen molar-refractivity contribution >= 4 is 11.6 Å². The molecule has 4 rings (SSSR count). The molecule has 2 unspecified atom stereocenters. The molecule has 1 aromatic carbocycles. The second-order valence-electron chi connectivity index (χ2n) is 7.75. The van der Waals surface area contributed by atoms with Crippen molar-refractivity contribution in [1.82, 2.24) is 10.2 Å². The number of H-pyrrole nitrogens is 1. The van der Waals surface area contributed by atoms with Gasteiger partial charge >= 0.3 is 0 Å². The van der Waals surface area contributed by atoms with E-state index in [-0.39, 0.29) is 5.56 Å². The summed E-state index contributed by atoms with van der Waals surface area (Å²) in [6, 6.07) is 6.06. The van der Waals surface area contributed by atoms with Gasteiger partial charge in [-0.05, 0) is 53.7 Å². The Balaban J connectivity index is 1.73. The van der Waals surface area contributed by atoms with Gasteiger partial charge in [0.05, 0.1) is 11.8 Å². The molecule has 1 fully saturated rings. The van der Waals surface area contributed by atoms with Gasteiger partial charge in [-0.15, -0.1) is 0 Å². The van der Waals surface area contributed by atoms with Gasteiger partial charge in [0.2, 0.25) is 0 Å². The molecule has 0 saturated heterocycles. The van der Waals surface area contributed by atoms with Crippen LogP contribution in [-0.4, -0.2) is 23.2 Å². The lowest BCUT2D eigenvalue weighted by Gasteiger charge is -2.25. The third-order valence-corrected chi connectivity index (χ3v) is 6.16. The molecule has 1 heterocycles. The maximum absolute atomic E-state index is 13.1. The van der Waals surface area contributed by atoms with Crippen molar-refractivity contribution in [3.05, 3.63) is 46.8 Å². The minimum Gasteiger partial charge on any atom is -0.311 e. The van der Waals surface area contributed by atoms with E-state index in [2.05, 4.69) is 30.1 Å². The molecule has 1 N–H and O–H groups in total. The van der Waals surface area contributed by atoms with Gasteiger partial charge < -0.3 is 4.90 Å². The molecule has 3 atom stereocenters. The number of nitrogens with zero attached hydrogens (tertiary/aromatic N) is 2. The Morgan fingerprint density at radius 1 is 1.27 bits per heavy atom. The molecule has 2 aromatic rings. The van der Waals surface area contributed by atoms with Gasteiger partial charge in [-0.3, -0.25) is 9.89 Å². The molecule has 0 spiro atoms. The predicted molar refractivity (Wildman–Crippen MR) is 95.8 cm³/mol. The Morgan fingerprint density at radius 3 is 2.69 bits per heavy atom. The number of alkyl halides is 2. The van der Waals surface area contributed by atoms with E-state index in [1.807, 2.05) is 12.1 Å². The van der Waals surface area contributed by atoms with E-state index in [4.69, 9.17) is 0 Å². The van der Waals surface area contributed by atoms with Crippen molar-refractivity contribution < 1.29 is 13.6 Å². The van der Waals surface area contributed by atoms with E-state index in [0.29, 0.717) is 23.7 Å². The molecule has 6 heteroatoms. The van der Waals surface area contributed by atoms with E-state index in [1.54, 1.807) is 7.05 Å². The summed E-state index contributed by atoms with van der Waals surface area (Å²) in [5.74, 6) is 1.71. The number of hydrogen-bond donors (Lipinski definition) is 1. The summed E-state index contributed by atoms with van der Waals surface area (Å²) in [6.07, 6.45) is 0.756. The van der Waals surface area contributed by atoms with Crippen LogP contribution in [0.15, 0.2) is 24.4 Å². The van der Waals surface area contributed by atoms with Crippen LogP contribution in [0.4, 0.5) is 14.5 Å². The van der Waals surface area contributed by atoms with Gasteiger partial charge in [0.15, 0.2) is 0 Å². The minimum absolute atomic E-state index is 0.0660. The Labute approximate surface area is 151 Å². The zero-order valence-electron chi connectivity index (χ0n) is 15.2. The molecule has 1 saturated carbocycles. The summed E-state index contributed by atoms with van der Waals surface area (Å²) in [6.45, 7) is 4.52. The number of fused-ring (bicyclic) bond motifs is 5. The van der Waals surface area contributed by atoms with Crippen LogP contribution in [0.1, 0.15) is 72.1 Å². The summed E-state index contributed by atoms with van der Waals surface area (Å²) in [5, 5.41) is 5.88. The molecule has 138 valence electrons. The predicted octanol–water partition coefficient (Wildman–Crippen LogP) is 4.87. The van der Waals surface area contributed by atoms with Crippen LogP contribution in [0.5, 0.6) is 0 Å². The number of rotatable bonds is 4. The first-order chi connectivity index (χ1) is 12.4. The maximum atomic E-state index is 13.1. The Morgan fingerprint density at radius 2 is 2.00 bits per heavy atom. The van der Waals surface area contributed by atoms with Crippen LogP contribution in [0.2, 0.25) is 0 Å². The number of carbonyl (C=O) groups excluding carboxylic acids is 1. The Kier molecular flexibility index (Phi) is 4.09. The number of amides is 1. The molecule has 1 aromatic heterocycles. The summed E-state index contributed by atoms with van der Waals surface area (Å²) in [7, 11) is 1.66. The smallest absolute Gasteiger partial charge is 0.280 e. The number of halogens is 2. The fourth-order valence-corrected chi connectivity index (χ4v) is 5.17. The Hall–Kier alpha value is -2.24. The zero-order valence-corrected chi connectivity index (χ0v) is 15.2. The molecular formula is C20H23F2N3O. The highest BCUT2D eigenvalue weighted by molar-refractivity contribution is 6.07. The fourth-order valence-electron chi connectivity index (χ4n) is 5.17. The first kappa shape index (κ1) is 17.2. The SMILES string of the molecule is CC(C)[C@@H]1C2CCC1c1c2cccc1N(C)C(=O)c1cn[nH]c1C(F)F. The van der Waals surface area contributed by atoms with Gasteiger partial charge in [0, 0.05) is 12.7 Å². The van der Waals surface area contributed by atoms with Crippen molar-refractivity contribution in [2.75, 3.05) is 11.9 Å². The molecule has 2 aliphatic rings. The summed E-state index contributed by atoms with van der Waals surface area (Å²) in [5.41, 5.74) is 2.92. The maximum Gasteiger partial charge on any atom is 0.280 e. The van der Waals surface area contributed by atoms with Crippen LogP contribution in [0, 0.1) is 11.8 Å². The average molecular weight is 359 g/mol. The molecule has 4 nitrogen and oxygen atoms in total. The van der Waals surface area contributed by atoms with Gasteiger partial charge in [0.25, 0.3) is 12.3 Å². The summed E-state index contributed by atoms with van der Waals surface area (Å²) in [4.78, 5) is 14.4. The second kappa shape index (κ2) is 6.18. The topological polar surface area (TPSA) is 49.0 Å². The standard InChI is InChI=1S/C20H23F2N3O/c1-10(2)16-12-7-8-13(16)17-11(12)5-4-6-15(17)25(3)20(26)14-9-23-24-18(14)19(21)22/h4-6,9-10,12-13,16,19H,7-8H2,1-3H3,(H,23,24)/t12?,13?,16-/m1/s1. The molecule has 1 amide bonds. The van der Waals surface area contributed by atoms with Crippen molar-refractivity contribution in [1.29, 1.82) is 0 Å². The third kappa shape index (κ3) is 2.38. The van der Waals surface area contributed by atoms with E-state index >= 15 is 0 Å². The van der Waals surface area contributed by atoms with Crippen LogP contribution in [0.25, 0.3) is 0 Å². The van der Waals surface area contributed by atoms with Gasteiger partial charge in [0.1, 0.15) is 5.69 Å².